The first-order valence-corrected chi connectivity index (χ1v) is 7.31. The minimum Gasteiger partial charge on any atom is -0.312 e. The Balaban J connectivity index is 2.60. The van der Waals surface area contributed by atoms with Gasteiger partial charge in [0.1, 0.15) is 0 Å². The summed E-state index contributed by atoms with van der Waals surface area (Å²) in [6.45, 7) is 9.38. The second kappa shape index (κ2) is 8.06. The van der Waals surface area contributed by atoms with Crippen molar-refractivity contribution in [3.8, 4) is 0 Å². The maximum absolute atomic E-state index is 3.75. The molecule has 1 saturated heterocycles. The molecule has 0 amide bonds. The summed E-state index contributed by atoms with van der Waals surface area (Å²) in [5, 5.41) is 3.75. The molecule has 0 aromatic heterocycles. The van der Waals surface area contributed by atoms with Crippen molar-refractivity contribution in [1.29, 1.82) is 0 Å². The molecule has 0 spiro atoms. The molecule has 1 heterocycles. The van der Waals surface area contributed by atoms with Crippen molar-refractivity contribution in [2.45, 2.75) is 51.6 Å². The summed E-state index contributed by atoms with van der Waals surface area (Å²) >= 11 is 0. The number of rotatable bonds is 6. The lowest BCUT2D eigenvalue weighted by molar-refractivity contribution is 0.172. The molecule has 17 heavy (non-hydrogen) atoms. The van der Waals surface area contributed by atoms with Gasteiger partial charge in [-0.15, -0.1) is 0 Å². The molecule has 1 N–H and O–H groups in total. The van der Waals surface area contributed by atoms with Crippen LogP contribution in [0.1, 0.15) is 39.5 Å². The largest absolute Gasteiger partial charge is 0.312 e. The highest BCUT2D eigenvalue weighted by atomic mass is 15.2. The van der Waals surface area contributed by atoms with Crippen LogP contribution in [0.15, 0.2) is 0 Å². The van der Waals surface area contributed by atoms with Gasteiger partial charge in [-0.25, -0.2) is 0 Å². The highest BCUT2D eigenvalue weighted by Crippen LogP contribution is 2.14. The van der Waals surface area contributed by atoms with Crippen LogP contribution < -0.4 is 5.32 Å². The number of likely N-dealkylation sites (N-methyl/N-ethyl adjacent to an activating group) is 2. The van der Waals surface area contributed by atoms with Crippen molar-refractivity contribution in [2.75, 3.05) is 40.3 Å². The second-order valence-corrected chi connectivity index (χ2v) is 5.51. The molecule has 2 atom stereocenters. The van der Waals surface area contributed by atoms with E-state index < -0.39 is 0 Å². The van der Waals surface area contributed by atoms with Crippen LogP contribution in [0, 0.1) is 0 Å². The Morgan fingerprint density at radius 2 is 1.94 bits per heavy atom. The van der Waals surface area contributed by atoms with Gasteiger partial charge in [-0.1, -0.05) is 20.3 Å². The molecule has 1 aliphatic heterocycles. The van der Waals surface area contributed by atoms with Crippen molar-refractivity contribution in [1.82, 2.24) is 15.1 Å². The van der Waals surface area contributed by atoms with Gasteiger partial charge >= 0.3 is 0 Å². The number of hydrogen-bond donors (Lipinski definition) is 1. The van der Waals surface area contributed by atoms with E-state index in [1.165, 1.54) is 45.3 Å². The number of nitrogens with zero attached hydrogens (tertiary/aromatic N) is 2. The van der Waals surface area contributed by atoms with E-state index in [4.69, 9.17) is 0 Å². The van der Waals surface area contributed by atoms with Crippen LogP contribution in [0.5, 0.6) is 0 Å². The first kappa shape index (κ1) is 14.9. The van der Waals surface area contributed by atoms with Gasteiger partial charge in [0.15, 0.2) is 0 Å². The first-order valence-electron chi connectivity index (χ1n) is 7.31. The zero-order valence-corrected chi connectivity index (χ0v) is 12.2. The lowest BCUT2D eigenvalue weighted by atomic mass is 10.0. The van der Waals surface area contributed by atoms with Crippen molar-refractivity contribution < 1.29 is 0 Å². The highest BCUT2D eigenvalue weighted by Gasteiger charge is 2.27. The molecule has 102 valence electrons. The Hall–Kier alpha value is -0.120. The normalized spacial score (nSPS) is 25.8. The topological polar surface area (TPSA) is 18.5 Å². The molecule has 0 aromatic rings. The predicted octanol–water partition coefficient (Wildman–Crippen LogP) is 1.79. The average Bonchev–Trinajstić information content (AvgIpc) is 2.47. The number of hydrogen-bond acceptors (Lipinski definition) is 3. The Labute approximate surface area is 108 Å². The van der Waals surface area contributed by atoms with Gasteiger partial charge in [-0.05, 0) is 53.0 Å². The molecule has 1 aliphatic rings. The summed E-state index contributed by atoms with van der Waals surface area (Å²) in [6.07, 6.45) is 5.10. The monoisotopic (exact) mass is 241 g/mol. The van der Waals surface area contributed by atoms with Gasteiger partial charge in [0, 0.05) is 18.6 Å². The molecule has 0 radical (unpaired) electrons. The van der Waals surface area contributed by atoms with Crippen LogP contribution in [0.3, 0.4) is 0 Å². The molecule has 0 aromatic carbocycles. The zero-order valence-electron chi connectivity index (χ0n) is 12.2. The summed E-state index contributed by atoms with van der Waals surface area (Å²) in [7, 11) is 4.55. The van der Waals surface area contributed by atoms with Crippen LogP contribution in [-0.4, -0.2) is 62.2 Å². The maximum Gasteiger partial charge on any atom is 0.0373 e. The Morgan fingerprint density at radius 1 is 1.18 bits per heavy atom. The average molecular weight is 241 g/mol. The molecule has 3 heteroatoms. The number of nitrogens with one attached hydrogen (secondary N) is 1. The molecule has 3 nitrogen and oxygen atoms in total. The van der Waals surface area contributed by atoms with E-state index in [0.717, 1.165) is 6.54 Å². The van der Waals surface area contributed by atoms with Crippen molar-refractivity contribution in [3.05, 3.63) is 0 Å². The third-order valence-electron chi connectivity index (χ3n) is 3.84. The Morgan fingerprint density at radius 3 is 2.59 bits per heavy atom. The minimum atomic E-state index is 0.658. The summed E-state index contributed by atoms with van der Waals surface area (Å²) in [6, 6.07) is 1.33. The van der Waals surface area contributed by atoms with Gasteiger partial charge in [0.25, 0.3) is 0 Å². The van der Waals surface area contributed by atoms with E-state index in [1.807, 2.05) is 0 Å². The van der Waals surface area contributed by atoms with Crippen LogP contribution in [-0.2, 0) is 0 Å². The van der Waals surface area contributed by atoms with Gasteiger partial charge in [0.2, 0.25) is 0 Å². The molecular weight excluding hydrogens is 210 g/mol. The SMILES string of the molecule is CCCNC(CCC)C1CN(C)CCCN1C. The van der Waals surface area contributed by atoms with E-state index in [0.29, 0.717) is 12.1 Å². The Bertz CT molecular complexity index is 196. The van der Waals surface area contributed by atoms with Crippen molar-refractivity contribution in [2.24, 2.45) is 0 Å². The van der Waals surface area contributed by atoms with E-state index in [2.05, 4.69) is 43.1 Å². The molecule has 0 aliphatic carbocycles. The summed E-state index contributed by atoms with van der Waals surface area (Å²) < 4.78 is 0. The zero-order chi connectivity index (χ0) is 12.7. The highest BCUT2D eigenvalue weighted by molar-refractivity contribution is 4.87. The van der Waals surface area contributed by atoms with Crippen molar-refractivity contribution >= 4 is 0 Å². The third kappa shape index (κ3) is 4.94. The molecule has 0 saturated carbocycles. The second-order valence-electron chi connectivity index (χ2n) is 5.51. The fourth-order valence-electron chi connectivity index (χ4n) is 2.81. The molecule has 0 bridgehead atoms. The fraction of sp³-hybridized carbons (Fsp3) is 1.00. The van der Waals surface area contributed by atoms with Gasteiger partial charge in [0.05, 0.1) is 0 Å². The summed E-state index contributed by atoms with van der Waals surface area (Å²) in [5.41, 5.74) is 0. The molecular formula is C14H31N3. The van der Waals surface area contributed by atoms with Gasteiger partial charge < -0.3 is 15.1 Å². The maximum atomic E-state index is 3.75. The van der Waals surface area contributed by atoms with E-state index in [1.54, 1.807) is 0 Å². The van der Waals surface area contributed by atoms with Gasteiger partial charge in [-0.3, -0.25) is 0 Å². The van der Waals surface area contributed by atoms with E-state index in [9.17, 15) is 0 Å². The molecule has 1 rings (SSSR count). The standard InChI is InChI=1S/C14H31N3/c1-5-8-13(15-9-6-2)14-12-16(3)10-7-11-17(14)4/h13-15H,5-12H2,1-4H3. The van der Waals surface area contributed by atoms with Crippen LogP contribution in [0.2, 0.25) is 0 Å². The minimum absolute atomic E-state index is 0.658. The van der Waals surface area contributed by atoms with E-state index >= 15 is 0 Å². The third-order valence-corrected chi connectivity index (χ3v) is 3.84. The van der Waals surface area contributed by atoms with Crippen molar-refractivity contribution in [3.63, 3.8) is 0 Å². The van der Waals surface area contributed by atoms with Gasteiger partial charge in [-0.2, -0.15) is 0 Å². The lowest BCUT2D eigenvalue weighted by Crippen LogP contribution is -2.52. The molecule has 1 fully saturated rings. The van der Waals surface area contributed by atoms with Crippen LogP contribution in [0.4, 0.5) is 0 Å². The van der Waals surface area contributed by atoms with E-state index in [-0.39, 0.29) is 0 Å². The predicted molar refractivity (Wildman–Crippen MR) is 75.5 cm³/mol. The summed E-state index contributed by atoms with van der Waals surface area (Å²) in [4.78, 5) is 5.05. The quantitative estimate of drug-likeness (QED) is 0.765. The smallest absolute Gasteiger partial charge is 0.0373 e. The first-order chi connectivity index (χ1) is 8.19. The lowest BCUT2D eigenvalue weighted by Gasteiger charge is -2.35. The molecule has 2 unspecified atom stereocenters. The summed E-state index contributed by atoms with van der Waals surface area (Å²) in [5.74, 6) is 0. The fourth-order valence-corrected chi connectivity index (χ4v) is 2.81. The Kier molecular flexibility index (Phi) is 7.09. The van der Waals surface area contributed by atoms with Crippen LogP contribution in [0.25, 0.3) is 0 Å². The van der Waals surface area contributed by atoms with Crippen LogP contribution >= 0.6 is 0 Å².